The van der Waals surface area contributed by atoms with Crippen LogP contribution >= 0.6 is 31.9 Å². The second-order valence-corrected chi connectivity index (χ2v) is 6.60. The van der Waals surface area contributed by atoms with Gasteiger partial charge in [-0.05, 0) is 25.0 Å². The van der Waals surface area contributed by atoms with Gasteiger partial charge in [0.2, 0.25) is 0 Å². The standard InChI is InChI=1S/C16H16Br2/c1-11-3-7-13(8-4-11)15(17)16(18)14-9-5-12(2)6-10-14/h3-10,15-16H,1-2H3/t15-,16-/m0/s1. The molecule has 0 nitrogen and oxygen atoms in total. The highest BCUT2D eigenvalue weighted by Gasteiger charge is 2.19. The first-order valence-corrected chi connectivity index (χ1v) is 7.82. The van der Waals surface area contributed by atoms with Crippen molar-refractivity contribution in [3.05, 3.63) is 70.8 Å². The minimum absolute atomic E-state index is 0.279. The van der Waals surface area contributed by atoms with Crippen molar-refractivity contribution >= 4 is 31.9 Å². The maximum absolute atomic E-state index is 3.78. The van der Waals surface area contributed by atoms with Crippen molar-refractivity contribution < 1.29 is 0 Å². The van der Waals surface area contributed by atoms with E-state index < -0.39 is 0 Å². The molecule has 2 aromatic rings. The van der Waals surface area contributed by atoms with Crippen LogP contribution in [0, 0.1) is 13.8 Å². The van der Waals surface area contributed by atoms with Crippen molar-refractivity contribution in [1.29, 1.82) is 0 Å². The van der Waals surface area contributed by atoms with Gasteiger partial charge < -0.3 is 0 Å². The average Bonchev–Trinajstić information content (AvgIpc) is 2.39. The summed E-state index contributed by atoms with van der Waals surface area (Å²) in [5.74, 6) is 0. The molecule has 0 amide bonds. The summed E-state index contributed by atoms with van der Waals surface area (Å²) >= 11 is 7.57. The van der Waals surface area contributed by atoms with Crippen molar-refractivity contribution in [3.8, 4) is 0 Å². The Balaban J connectivity index is 2.20. The lowest BCUT2D eigenvalue weighted by molar-refractivity contribution is 0.936. The van der Waals surface area contributed by atoms with Crippen molar-refractivity contribution in [2.45, 2.75) is 23.5 Å². The van der Waals surface area contributed by atoms with Crippen LogP contribution in [0.5, 0.6) is 0 Å². The Morgan fingerprint density at radius 2 is 0.889 bits per heavy atom. The molecule has 0 saturated carbocycles. The Hall–Kier alpha value is -0.600. The normalized spacial score (nSPS) is 14.2. The van der Waals surface area contributed by atoms with E-state index in [9.17, 15) is 0 Å². The Morgan fingerprint density at radius 3 is 1.17 bits per heavy atom. The molecule has 0 bridgehead atoms. The summed E-state index contributed by atoms with van der Waals surface area (Å²) in [5.41, 5.74) is 5.17. The van der Waals surface area contributed by atoms with Crippen LogP contribution in [0.3, 0.4) is 0 Å². The quantitative estimate of drug-likeness (QED) is 0.594. The van der Waals surface area contributed by atoms with Gasteiger partial charge in [0, 0.05) is 0 Å². The molecule has 0 fully saturated rings. The zero-order valence-corrected chi connectivity index (χ0v) is 13.7. The number of hydrogen-bond donors (Lipinski definition) is 0. The molecule has 0 aliphatic heterocycles. The zero-order valence-electron chi connectivity index (χ0n) is 10.5. The molecule has 18 heavy (non-hydrogen) atoms. The first kappa shape index (κ1) is 13.8. The van der Waals surface area contributed by atoms with Crippen LogP contribution in [0.2, 0.25) is 0 Å². The Labute approximate surface area is 126 Å². The van der Waals surface area contributed by atoms with Gasteiger partial charge in [-0.25, -0.2) is 0 Å². The Kier molecular flexibility index (Phi) is 4.63. The van der Waals surface area contributed by atoms with Crippen LogP contribution in [0.25, 0.3) is 0 Å². The van der Waals surface area contributed by atoms with Gasteiger partial charge in [-0.3, -0.25) is 0 Å². The number of alkyl halides is 2. The second-order valence-electron chi connectivity index (χ2n) is 4.62. The summed E-state index contributed by atoms with van der Waals surface area (Å²) in [6, 6.07) is 17.3. The van der Waals surface area contributed by atoms with E-state index in [1.165, 1.54) is 22.3 Å². The van der Waals surface area contributed by atoms with Gasteiger partial charge >= 0.3 is 0 Å². The highest BCUT2D eigenvalue weighted by molar-refractivity contribution is 9.12. The number of rotatable bonds is 3. The minimum Gasteiger partial charge on any atom is -0.0823 e. The molecule has 0 aromatic heterocycles. The Bertz CT molecular complexity index is 450. The molecule has 0 spiro atoms. The molecule has 2 atom stereocenters. The molecule has 94 valence electrons. The van der Waals surface area contributed by atoms with Gasteiger partial charge in [-0.2, -0.15) is 0 Å². The smallest absolute Gasteiger partial charge is 0.0561 e. The highest BCUT2D eigenvalue weighted by Crippen LogP contribution is 2.42. The summed E-state index contributed by atoms with van der Waals surface area (Å²) in [4.78, 5) is 0.557. The van der Waals surface area contributed by atoms with Crippen molar-refractivity contribution in [1.82, 2.24) is 0 Å². The third kappa shape index (κ3) is 3.24. The number of halogens is 2. The largest absolute Gasteiger partial charge is 0.0823 e. The van der Waals surface area contributed by atoms with E-state index in [4.69, 9.17) is 0 Å². The van der Waals surface area contributed by atoms with E-state index in [2.05, 4.69) is 94.2 Å². The first-order chi connectivity index (χ1) is 8.58. The van der Waals surface area contributed by atoms with E-state index in [1.807, 2.05) is 0 Å². The van der Waals surface area contributed by atoms with Gasteiger partial charge in [0.05, 0.1) is 9.65 Å². The monoisotopic (exact) mass is 366 g/mol. The summed E-state index contributed by atoms with van der Waals surface area (Å²) < 4.78 is 0. The maximum Gasteiger partial charge on any atom is 0.0561 e. The van der Waals surface area contributed by atoms with E-state index in [0.717, 1.165) is 0 Å². The van der Waals surface area contributed by atoms with Gasteiger partial charge in [0.1, 0.15) is 0 Å². The van der Waals surface area contributed by atoms with Crippen LogP contribution in [0.1, 0.15) is 31.9 Å². The number of aryl methyl sites for hydroxylation is 2. The van der Waals surface area contributed by atoms with E-state index in [-0.39, 0.29) is 9.65 Å². The van der Waals surface area contributed by atoms with Crippen LogP contribution in [-0.2, 0) is 0 Å². The van der Waals surface area contributed by atoms with Crippen LogP contribution in [0.4, 0.5) is 0 Å². The molecule has 2 heteroatoms. The molecule has 2 rings (SSSR count). The van der Waals surface area contributed by atoms with E-state index in [0.29, 0.717) is 0 Å². The lowest BCUT2D eigenvalue weighted by atomic mass is 10.0. The average molecular weight is 368 g/mol. The van der Waals surface area contributed by atoms with Gasteiger partial charge in [-0.1, -0.05) is 91.5 Å². The summed E-state index contributed by atoms with van der Waals surface area (Å²) in [6.45, 7) is 4.22. The fourth-order valence-electron chi connectivity index (χ4n) is 1.84. The van der Waals surface area contributed by atoms with Crippen molar-refractivity contribution in [2.24, 2.45) is 0 Å². The van der Waals surface area contributed by atoms with Crippen LogP contribution in [0.15, 0.2) is 48.5 Å². The molecular weight excluding hydrogens is 352 g/mol. The molecule has 0 aliphatic rings. The third-order valence-corrected chi connectivity index (χ3v) is 5.87. The number of benzene rings is 2. The molecule has 0 N–H and O–H groups in total. The van der Waals surface area contributed by atoms with E-state index >= 15 is 0 Å². The maximum atomic E-state index is 3.78. The summed E-state index contributed by atoms with van der Waals surface area (Å²) in [6.07, 6.45) is 0. The SMILES string of the molecule is Cc1ccc([C@H](Br)[C@@H](Br)c2ccc(C)cc2)cc1. The molecular formula is C16H16Br2. The van der Waals surface area contributed by atoms with Gasteiger partial charge in [-0.15, -0.1) is 0 Å². The molecule has 0 heterocycles. The second kappa shape index (κ2) is 6.03. The molecule has 0 unspecified atom stereocenters. The number of hydrogen-bond acceptors (Lipinski definition) is 0. The highest BCUT2D eigenvalue weighted by atomic mass is 79.9. The molecule has 0 radical (unpaired) electrons. The fourth-order valence-corrected chi connectivity index (χ4v) is 3.06. The Morgan fingerprint density at radius 1 is 0.611 bits per heavy atom. The molecule has 0 aliphatic carbocycles. The third-order valence-electron chi connectivity index (χ3n) is 3.05. The van der Waals surface area contributed by atoms with E-state index in [1.54, 1.807) is 0 Å². The van der Waals surface area contributed by atoms with Crippen molar-refractivity contribution in [3.63, 3.8) is 0 Å². The summed E-state index contributed by atoms with van der Waals surface area (Å²) in [5, 5.41) is 0. The summed E-state index contributed by atoms with van der Waals surface area (Å²) in [7, 11) is 0. The van der Waals surface area contributed by atoms with Gasteiger partial charge in [0.15, 0.2) is 0 Å². The first-order valence-electron chi connectivity index (χ1n) is 5.99. The molecule has 2 aromatic carbocycles. The van der Waals surface area contributed by atoms with Crippen molar-refractivity contribution in [2.75, 3.05) is 0 Å². The zero-order chi connectivity index (χ0) is 13.1. The van der Waals surface area contributed by atoms with Gasteiger partial charge in [0.25, 0.3) is 0 Å². The topological polar surface area (TPSA) is 0 Å². The van der Waals surface area contributed by atoms with Crippen LogP contribution in [-0.4, -0.2) is 0 Å². The van der Waals surface area contributed by atoms with Crippen LogP contribution < -0.4 is 0 Å². The molecule has 0 saturated heterocycles. The fraction of sp³-hybridized carbons (Fsp3) is 0.250. The lowest BCUT2D eigenvalue weighted by Gasteiger charge is -2.18. The lowest BCUT2D eigenvalue weighted by Crippen LogP contribution is -1.99. The predicted octanol–water partition coefficient (Wildman–Crippen LogP) is 5.88. The minimum atomic E-state index is 0.279. The predicted molar refractivity (Wildman–Crippen MR) is 85.7 cm³/mol.